The van der Waals surface area contributed by atoms with E-state index in [4.69, 9.17) is 9.88 Å². The Kier molecular flexibility index (Phi) is 6.26. The number of hydrogen-bond acceptors (Lipinski definition) is 11. The van der Waals surface area contributed by atoms with Crippen molar-refractivity contribution in [1.82, 2.24) is 15.0 Å². The number of nitrogens with zero attached hydrogens (tertiary/aromatic N) is 3. The second-order valence-electron chi connectivity index (χ2n) is 6.70. The first kappa shape index (κ1) is 22.7. The van der Waals surface area contributed by atoms with Crippen LogP contribution in [0.2, 0.25) is 0 Å². The maximum absolute atomic E-state index is 12.7. The highest BCUT2D eigenvalue weighted by Crippen LogP contribution is 2.26. The highest BCUT2D eigenvalue weighted by Gasteiger charge is 2.48. The van der Waals surface area contributed by atoms with Crippen molar-refractivity contribution >= 4 is 19.9 Å². The number of ether oxygens (including phenoxy) is 1. The minimum atomic E-state index is -4.25. The third kappa shape index (κ3) is 4.52. The molecule has 1 saturated heterocycles. The summed E-state index contributed by atoms with van der Waals surface area (Å²) in [6, 6.07) is 5.28. The lowest BCUT2D eigenvalue weighted by Gasteiger charge is -2.39. The second kappa shape index (κ2) is 8.27. The van der Waals surface area contributed by atoms with Gasteiger partial charge in [-0.2, -0.15) is 0 Å². The van der Waals surface area contributed by atoms with Gasteiger partial charge in [0.15, 0.2) is 15.3 Å². The number of nitrogens with two attached hydrogens (primary N) is 1. The van der Waals surface area contributed by atoms with E-state index in [9.17, 15) is 37.3 Å². The molecule has 2 heterocycles. The van der Waals surface area contributed by atoms with Crippen LogP contribution in [-0.4, -0.2) is 88.7 Å². The highest BCUT2D eigenvalue weighted by atomic mass is 32.2. The number of primary sulfonamides is 1. The molecule has 0 radical (unpaired) electrons. The number of aliphatic hydroxyl groups is 4. The first-order valence-electron chi connectivity index (χ1n) is 8.50. The maximum Gasteiger partial charge on any atom is 0.238 e. The quantitative estimate of drug-likeness (QED) is 0.284. The van der Waals surface area contributed by atoms with Gasteiger partial charge < -0.3 is 25.2 Å². The summed E-state index contributed by atoms with van der Waals surface area (Å²) in [7, 11) is -8.12. The molecule has 0 spiro atoms. The first-order valence-corrected chi connectivity index (χ1v) is 11.8. The van der Waals surface area contributed by atoms with Crippen LogP contribution in [0.4, 0.5) is 0 Å². The molecule has 0 saturated carbocycles. The molecule has 166 valence electrons. The normalized spacial score (nSPS) is 27.8. The van der Waals surface area contributed by atoms with Gasteiger partial charge in [-0.15, -0.1) is 5.10 Å². The molecule has 2 aromatic rings. The average Bonchev–Trinajstić information content (AvgIpc) is 3.13. The minimum absolute atomic E-state index is 0.0255. The van der Waals surface area contributed by atoms with Gasteiger partial charge in [-0.3, -0.25) is 0 Å². The topological polar surface area (TPSA) is 215 Å². The Morgan fingerprint density at radius 2 is 1.67 bits per heavy atom. The summed E-state index contributed by atoms with van der Waals surface area (Å²) < 4.78 is 54.2. The van der Waals surface area contributed by atoms with Gasteiger partial charge in [0.25, 0.3) is 0 Å². The maximum atomic E-state index is 12.7. The molecule has 3 rings (SSSR count). The van der Waals surface area contributed by atoms with Gasteiger partial charge in [0.05, 0.1) is 34.8 Å². The number of aliphatic hydroxyl groups excluding tert-OH is 4. The predicted octanol–water partition coefficient (Wildman–Crippen LogP) is -3.37. The van der Waals surface area contributed by atoms with Crippen molar-refractivity contribution in [2.75, 3.05) is 6.61 Å². The van der Waals surface area contributed by atoms with Crippen LogP contribution in [0.15, 0.2) is 35.4 Å². The van der Waals surface area contributed by atoms with Gasteiger partial charge in [0.1, 0.15) is 24.4 Å². The van der Waals surface area contributed by atoms with Gasteiger partial charge >= 0.3 is 0 Å². The van der Waals surface area contributed by atoms with Crippen molar-refractivity contribution in [1.29, 1.82) is 0 Å². The zero-order valence-electron chi connectivity index (χ0n) is 15.3. The fraction of sp³-hybridized carbons (Fsp3) is 0.467. The third-order valence-corrected chi connectivity index (χ3v) is 7.25. The van der Waals surface area contributed by atoms with Gasteiger partial charge in [-0.25, -0.2) is 26.7 Å². The fourth-order valence-corrected chi connectivity index (χ4v) is 5.05. The standard InChI is InChI=1S/C15H20N4O9S2/c16-30(26,27)10-3-1-9(2-4-10)19-5-8(17-18-19)7-29(24,25)15-14(23)13(22)12(21)11(6-20)28-15/h1-5,11-15,20-23H,6-7H2,(H2,16,26,27)/t11-,12+,13+,14-,15?/m0/s1. The molecule has 1 fully saturated rings. The summed E-state index contributed by atoms with van der Waals surface area (Å²) in [5.41, 5.74) is -1.54. The highest BCUT2D eigenvalue weighted by molar-refractivity contribution is 7.91. The Bertz CT molecular complexity index is 1100. The molecule has 1 aromatic carbocycles. The molecule has 0 bridgehead atoms. The van der Waals surface area contributed by atoms with Crippen LogP contribution >= 0.6 is 0 Å². The van der Waals surface area contributed by atoms with Crippen LogP contribution in [0, 0.1) is 0 Å². The van der Waals surface area contributed by atoms with Crippen molar-refractivity contribution in [3.8, 4) is 5.69 Å². The van der Waals surface area contributed by atoms with Crippen molar-refractivity contribution in [3.63, 3.8) is 0 Å². The molecule has 5 atom stereocenters. The molecule has 15 heteroatoms. The number of sulfonamides is 1. The van der Waals surface area contributed by atoms with E-state index in [1.165, 1.54) is 35.1 Å². The molecule has 1 aromatic heterocycles. The summed E-state index contributed by atoms with van der Waals surface area (Å²) in [6.07, 6.45) is -5.54. The summed E-state index contributed by atoms with van der Waals surface area (Å²) in [5.74, 6) is -0.717. The van der Waals surface area contributed by atoms with E-state index in [1.54, 1.807) is 0 Å². The Morgan fingerprint density at radius 3 is 2.23 bits per heavy atom. The molecule has 30 heavy (non-hydrogen) atoms. The van der Waals surface area contributed by atoms with Gasteiger partial charge in [0.2, 0.25) is 10.0 Å². The van der Waals surface area contributed by atoms with Crippen LogP contribution in [0.1, 0.15) is 5.69 Å². The average molecular weight is 464 g/mol. The lowest BCUT2D eigenvalue weighted by molar-refractivity contribution is -0.207. The van der Waals surface area contributed by atoms with Crippen LogP contribution in [-0.2, 0) is 30.4 Å². The Labute approximate surface area is 171 Å². The summed E-state index contributed by atoms with van der Waals surface area (Å²) in [4.78, 5) is -0.114. The van der Waals surface area contributed by atoms with E-state index in [1.807, 2.05) is 0 Å². The van der Waals surface area contributed by atoms with Gasteiger partial charge in [-0.1, -0.05) is 5.21 Å². The molecule has 1 unspecified atom stereocenters. The van der Waals surface area contributed by atoms with Crippen molar-refractivity contribution in [3.05, 3.63) is 36.2 Å². The molecular formula is C15H20N4O9S2. The third-order valence-electron chi connectivity index (χ3n) is 4.52. The van der Waals surface area contributed by atoms with Crippen LogP contribution < -0.4 is 5.14 Å². The molecular weight excluding hydrogens is 444 g/mol. The summed E-state index contributed by atoms with van der Waals surface area (Å²) in [6.45, 7) is -0.762. The van der Waals surface area contributed by atoms with Crippen molar-refractivity contribution in [2.45, 2.75) is 40.5 Å². The molecule has 0 amide bonds. The van der Waals surface area contributed by atoms with Crippen LogP contribution in [0.5, 0.6) is 0 Å². The fourth-order valence-electron chi connectivity index (χ4n) is 2.93. The number of benzene rings is 1. The molecule has 13 nitrogen and oxygen atoms in total. The van der Waals surface area contributed by atoms with E-state index < -0.39 is 62.1 Å². The first-order chi connectivity index (χ1) is 13.9. The monoisotopic (exact) mass is 464 g/mol. The number of aromatic nitrogens is 3. The van der Waals surface area contributed by atoms with E-state index in [2.05, 4.69) is 10.3 Å². The molecule has 1 aliphatic heterocycles. The predicted molar refractivity (Wildman–Crippen MR) is 99.1 cm³/mol. The van der Waals surface area contributed by atoms with Crippen molar-refractivity contribution < 1.29 is 42.0 Å². The molecule has 0 aliphatic carbocycles. The number of sulfone groups is 1. The summed E-state index contributed by atoms with van der Waals surface area (Å²) >= 11 is 0. The Balaban J connectivity index is 1.79. The smallest absolute Gasteiger partial charge is 0.238 e. The minimum Gasteiger partial charge on any atom is -0.394 e. The van der Waals surface area contributed by atoms with E-state index in [0.717, 1.165) is 0 Å². The van der Waals surface area contributed by atoms with Crippen LogP contribution in [0.3, 0.4) is 0 Å². The van der Waals surface area contributed by atoms with E-state index in [0.29, 0.717) is 5.69 Å². The Hall–Kier alpha value is -1.98. The molecule has 6 N–H and O–H groups in total. The van der Waals surface area contributed by atoms with Crippen LogP contribution in [0.25, 0.3) is 5.69 Å². The van der Waals surface area contributed by atoms with Gasteiger partial charge in [-0.05, 0) is 24.3 Å². The van der Waals surface area contributed by atoms with E-state index >= 15 is 0 Å². The lowest BCUT2D eigenvalue weighted by Crippen LogP contribution is -2.60. The van der Waals surface area contributed by atoms with Gasteiger partial charge in [0, 0.05) is 0 Å². The zero-order chi connectivity index (χ0) is 22.3. The van der Waals surface area contributed by atoms with Crippen molar-refractivity contribution in [2.24, 2.45) is 5.14 Å². The van der Waals surface area contributed by atoms with E-state index in [-0.39, 0.29) is 10.6 Å². The number of rotatable bonds is 6. The number of hydrogen-bond donors (Lipinski definition) is 5. The largest absolute Gasteiger partial charge is 0.394 e. The lowest BCUT2D eigenvalue weighted by atomic mass is 10.0. The zero-order valence-corrected chi connectivity index (χ0v) is 16.9. The SMILES string of the molecule is NS(=O)(=O)c1ccc(-n2cc(CS(=O)(=O)C3O[C@@H](CO)[C@@H](O)[C@@H](O)[C@@H]3O)nn2)cc1. The summed E-state index contributed by atoms with van der Waals surface area (Å²) in [5, 5.41) is 51.3. The molecule has 1 aliphatic rings. The second-order valence-corrected chi connectivity index (χ2v) is 10.3. The Morgan fingerprint density at radius 1 is 1.03 bits per heavy atom.